The minimum absolute atomic E-state index is 0.0994. The highest BCUT2D eigenvalue weighted by Gasteiger charge is 2.52. The maximum absolute atomic E-state index is 10.7. The Morgan fingerprint density at radius 1 is 1.29 bits per heavy atom. The number of hydrogen-bond donors (Lipinski definition) is 2. The lowest BCUT2D eigenvalue weighted by molar-refractivity contribution is -0.145. The van der Waals surface area contributed by atoms with E-state index in [4.69, 9.17) is 10.8 Å². The van der Waals surface area contributed by atoms with Gasteiger partial charge in [-0.3, -0.25) is 4.79 Å². The van der Waals surface area contributed by atoms with E-state index in [1.54, 1.807) is 0 Å². The van der Waals surface area contributed by atoms with Gasteiger partial charge in [0.1, 0.15) is 0 Å². The van der Waals surface area contributed by atoms with E-state index in [9.17, 15) is 4.79 Å². The van der Waals surface area contributed by atoms with E-state index in [0.717, 1.165) is 25.7 Å². The van der Waals surface area contributed by atoms with Crippen LogP contribution >= 0.6 is 0 Å². The van der Waals surface area contributed by atoms with Crippen LogP contribution in [0.25, 0.3) is 0 Å². The lowest BCUT2D eigenvalue weighted by Gasteiger charge is -2.55. The zero-order chi connectivity index (χ0) is 10.8. The molecule has 3 N–H and O–H groups in total. The maximum atomic E-state index is 10.7. The third-order valence-electron chi connectivity index (χ3n) is 3.96. The van der Waals surface area contributed by atoms with Gasteiger partial charge < -0.3 is 10.8 Å². The molecule has 0 saturated heterocycles. The highest BCUT2D eigenvalue weighted by molar-refractivity contribution is 5.68. The largest absolute Gasteiger partial charge is 0.481 e. The van der Waals surface area contributed by atoms with E-state index in [-0.39, 0.29) is 11.8 Å². The number of carboxylic acid groups (broad SMARTS) is 1. The molecule has 0 atom stereocenters. The van der Waals surface area contributed by atoms with E-state index in [2.05, 4.69) is 13.8 Å². The predicted molar refractivity (Wildman–Crippen MR) is 56.0 cm³/mol. The second kappa shape index (κ2) is 3.89. The van der Waals surface area contributed by atoms with Crippen LogP contribution in [-0.2, 0) is 4.79 Å². The second-order valence-electron chi connectivity index (χ2n) is 4.84. The van der Waals surface area contributed by atoms with E-state index >= 15 is 0 Å². The van der Waals surface area contributed by atoms with Crippen LogP contribution in [0.4, 0.5) is 0 Å². The summed E-state index contributed by atoms with van der Waals surface area (Å²) in [5.74, 6) is -0.712. The molecule has 0 aliphatic heterocycles. The average Bonchev–Trinajstić information content (AvgIpc) is 2.10. The van der Waals surface area contributed by atoms with Crippen LogP contribution in [0.5, 0.6) is 0 Å². The van der Waals surface area contributed by atoms with Crippen molar-refractivity contribution in [2.24, 2.45) is 16.6 Å². The number of hydrogen-bond acceptors (Lipinski definition) is 2. The molecule has 0 aromatic carbocycles. The molecule has 0 bridgehead atoms. The summed E-state index contributed by atoms with van der Waals surface area (Å²) < 4.78 is 0. The zero-order valence-corrected chi connectivity index (χ0v) is 9.18. The highest BCUT2D eigenvalue weighted by atomic mass is 16.4. The molecule has 1 aliphatic carbocycles. The lowest BCUT2D eigenvalue weighted by Crippen LogP contribution is -2.51. The minimum atomic E-state index is -0.712. The first kappa shape index (κ1) is 11.5. The van der Waals surface area contributed by atoms with Crippen LogP contribution in [-0.4, -0.2) is 17.6 Å². The number of rotatable bonds is 5. The Bertz CT molecular complexity index is 213. The SMILES string of the molecule is CCC1(CC)CC(CN)(CC(=O)O)C1. The molecule has 0 aromatic rings. The smallest absolute Gasteiger partial charge is 0.303 e. The standard InChI is InChI=1S/C11H21NO2/c1-3-10(4-2)6-11(7-10,8-12)5-9(13)14/h3-8,12H2,1-2H3,(H,13,14). The van der Waals surface area contributed by atoms with Gasteiger partial charge >= 0.3 is 5.97 Å². The summed E-state index contributed by atoms with van der Waals surface area (Å²) in [6.07, 6.45) is 4.52. The van der Waals surface area contributed by atoms with Crippen molar-refractivity contribution in [3.8, 4) is 0 Å². The summed E-state index contributed by atoms with van der Waals surface area (Å²) in [6.45, 7) is 4.89. The molecule has 1 rings (SSSR count). The fraction of sp³-hybridized carbons (Fsp3) is 0.909. The quantitative estimate of drug-likeness (QED) is 0.712. The van der Waals surface area contributed by atoms with Crippen molar-refractivity contribution >= 4 is 5.97 Å². The van der Waals surface area contributed by atoms with Crippen molar-refractivity contribution in [2.45, 2.75) is 46.0 Å². The van der Waals surface area contributed by atoms with Crippen molar-refractivity contribution in [3.63, 3.8) is 0 Å². The molecule has 0 heterocycles. The van der Waals surface area contributed by atoms with Gasteiger partial charge in [-0.1, -0.05) is 26.7 Å². The lowest BCUT2D eigenvalue weighted by atomic mass is 9.49. The van der Waals surface area contributed by atoms with Crippen molar-refractivity contribution in [1.29, 1.82) is 0 Å². The van der Waals surface area contributed by atoms with Crippen LogP contribution in [0.15, 0.2) is 0 Å². The minimum Gasteiger partial charge on any atom is -0.481 e. The Labute approximate surface area is 85.7 Å². The van der Waals surface area contributed by atoms with Crippen molar-refractivity contribution in [3.05, 3.63) is 0 Å². The van der Waals surface area contributed by atoms with Gasteiger partial charge in [0.25, 0.3) is 0 Å². The second-order valence-corrected chi connectivity index (χ2v) is 4.84. The maximum Gasteiger partial charge on any atom is 0.303 e. The van der Waals surface area contributed by atoms with Crippen molar-refractivity contribution in [1.82, 2.24) is 0 Å². The first-order chi connectivity index (χ1) is 6.51. The Kier molecular flexibility index (Phi) is 3.20. The molecule has 3 heteroatoms. The van der Waals surface area contributed by atoms with Gasteiger partial charge in [0, 0.05) is 0 Å². The Morgan fingerprint density at radius 3 is 2.07 bits per heavy atom. The Hall–Kier alpha value is -0.570. The highest BCUT2D eigenvalue weighted by Crippen LogP contribution is 2.59. The molecule has 82 valence electrons. The molecule has 0 amide bonds. The average molecular weight is 199 g/mol. The van der Waals surface area contributed by atoms with Crippen molar-refractivity contribution in [2.75, 3.05) is 6.54 Å². The van der Waals surface area contributed by atoms with Crippen LogP contribution < -0.4 is 5.73 Å². The topological polar surface area (TPSA) is 63.3 Å². The van der Waals surface area contributed by atoms with E-state index in [1.165, 1.54) is 0 Å². The van der Waals surface area contributed by atoms with E-state index < -0.39 is 5.97 Å². The first-order valence-electron chi connectivity index (χ1n) is 5.43. The van der Waals surface area contributed by atoms with Gasteiger partial charge in [-0.25, -0.2) is 0 Å². The summed E-state index contributed by atoms with van der Waals surface area (Å²) in [7, 11) is 0. The van der Waals surface area contributed by atoms with Gasteiger partial charge in [0.2, 0.25) is 0 Å². The third kappa shape index (κ3) is 1.92. The molecular weight excluding hydrogens is 178 g/mol. The number of nitrogens with two attached hydrogens (primary N) is 1. The van der Waals surface area contributed by atoms with Crippen molar-refractivity contribution < 1.29 is 9.90 Å². The van der Waals surface area contributed by atoms with E-state index in [0.29, 0.717) is 12.0 Å². The molecule has 3 nitrogen and oxygen atoms in total. The number of aliphatic carboxylic acids is 1. The molecule has 0 aromatic heterocycles. The zero-order valence-electron chi connectivity index (χ0n) is 9.18. The molecule has 1 fully saturated rings. The van der Waals surface area contributed by atoms with Crippen LogP contribution in [0.1, 0.15) is 46.0 Å². The Balaban J connectivity index is 2.59. The molecule has 1 saturated carbocycles. The van der Waals surface area contributed by atoms with Gasteiger partial charge in [-0.2, -0.15) is 0 Å². The fourth-order valence-corrected chi connectivity index (χ4v) is 2.95. The van der Waals surface area contributed by atoms with Crippen LogP contribution in [0.2, 0.25) is 0 Å². The fourth-order valence-electron chi connectivity index (χ4n) is 2.95. The first-order valence-corrected chi connectivity index (χ1v) is 5.43. The molecule has 0 spiro atoms. The Morgan fingerprint density at radius 2 is 1.79 bits per heavy atom. The molecular formula is C11H21NO2. The van der Waals surface area contributed by atoms with Gasteiger partial charge in [0.15, 0.2) is 0 Å². The van der Waals surface area contributed by atoms with Gasteiger partial charge in [0.05, 0.1) is 6.42 Å². The van der Waals surface area contributed by atoms with Crippen LogP contribution in [0.3, 0.4) is 0 Å². The molecule has 1 aliphatic rings. The summed E-state index contributed by atoms with van der Waals surface area (Å²) in [4.78, 5) is 10.7. The van der Waals surface area contributed by atoms with E-state index in [1.807, 2.05) is 0 Å². The number of carboxylic acids is 1. The predicted octanol–water partition coefficient (Wildman–Crippen LogP) is 2.01. The number of carbonyl (C=O) groups is 1. The molecule has 0 radical (unpaired) electrons. The third-order valence-corrected chi connectivity index (χ3v) is 3.96. The van der Waals surface area contributed by atoms with Gasteiger partial charge in [-0.05, 0) is 30.2 Å². The van der Waals surface area contributed by atoms with Gasteiger partial charge in [-0.15, -0.1) is 0 Å². The molecule has 0 unspecified atom stereocenters. The summed E-state index contributed by atoms with van der Waals surface area (Å²) >= 11 is 0. The summed E-state index contributed by atoms with van der Waals surface area (Å²) in [6, 6.07) is 0. The molecule has 14 heavy (non-hydrogen) atoms. The summed E-state index contributed by atoms with van der Waals surface area (Å²) in [5, 5.41) is 8.81. The summed E-state index contributed by atoms with van der Waals surface area (Å²) in [5.41, 5.74) is 5.97. The normalized spacial score (nSPS) is 22.8. The van der Waals surface area contributed by atoms with Crippen LogP contribution in [0, 0.1) is 10.8 Å². The monoisotopic (exact) mass is 199 g/mol.